The molecule has 0 aliphatic carbocycles. The zero-order valence-electron chi connectivity index (χ0n) is 12.8. The molecule has 2 aliphatic rings. The summed E-state index contributed by atoms with van der Waals surface area (Å²) >= 11 is 0. The van der Waals surface area contributed by atoms with Crippen molar-refractivity contribution >= 4 is 11.8 Å². The largest absolute Gasteiger partial charge is 0.454 e. The fourth-order valence-electron chi connectivity index (χ4n) is 2.55. The highest BCUT2D eigenvalue weighted by Gasteiger charge is 2.17. The molecule has 1 aromatic carbocycles. The first-order chi connectivity index (χ1) is 11.2. The van der Waals surface area contributed by atoms with Gasteiger partial charge >= 0.3 is 0 Å². The highest BCUT2D eigenvalue weighted by Crippen LogP contribution is 2.32. The van der Waals surface area contributed by atoms with Gasteiger partial charge in [0.2, 0.25) is 12.7 Å². The first kappa shape index (κ1) is 15.6. The van der Waals surface area contributed by atoms with Crippen LogP contribution in [-0.2, 0) is 9.53 Å². The van der Waals surface area contributed by atoms with Crippen LogP contribution in [0.15, 0.2) is 18.2 Å². The molecule has 2 amide bonds. The zero-order chi connectivity index (χ0) is 16.1. The van der Waals surface area contributed by atoms with E-state index < -0.39 is 0 Å². The van der Waals surface area contributed by atoms with Gasteiger partial charge < -0.3 is 24.8 Å². The third kappa shape index (κ3) is 4.13. The minimum Gasteiger partial charge on any atom is -0.454 e. The van der Waals surface area contributed by atoms with Crippen molar-refractivity contribution in [1.29, 1.82) is 0 Å². The Morgan fingerprint density at radius 1 is 1.17 bits per heavy atom. The predicted octanol–water partition coefficient (Wildman–Crippen LogP) is 0.830. The van der Waals surface area contributed by atoms with Crippen LogP contribution >= 0.6 is 0 Å². The second-order valence-electron chi connectivity index (χ2n) is 5.51. The molecule has 0 spiro atoms. The Bertz CT molecular complexity index is 584. The Labute approximate surface area is 134 Å². The van der Waals surface area contributed by atoms with Crippen LogP contribution in [0.3, 0.4) is 0 Å². The molecule has 2 aliphatic heterocycles. The average molecular weight is 320 g/mol. The number of hydrogen-bond donors (Lipinski definition) is 2. The molecule has 0 saturated carbocycles. The molecular formula is C16H20N2O5. The Morgan fingerprint density at radius 3 is 2.87 bits per heavy atom. The molecule has 7 nitrogen and oxygen atoms in total. The summed E-state index contributed by atoms with van der Waals surface area (Å²) in [4.78, 5) is 23.8. The van der Waals surface area contributed by atoms with Crippen molar-refractivity contribution < 1.29 is 23.8 Å². The molecule has 0 radical (unpaired) electrons. The normalized spacial score (nSPS) is 18.7. The lowest BCUT2D eigenvalue weighted by Gasteiger charge is -2.11. The number of nitrogens with one attached hydrogen (secondary N) is 2. The average Bonchev–Trinajstić information content (AvgIpc) is 3.23. The molecule has 23 heavy (non-hydrogen) atoms. The van der Waals surface area contributed by atoms with Gasteiger partial charge in [0.15, 0.2) is 11.5 Å². The Balaban J connectivity index is 1.38. The number of carbonyl (C=O) groups excluding carboxylic acids is 2. The van der Waals surface area contributed by atoms with Gasteiger partial charge in [0.05, 0.1) is 6.10 Å². The maximum atomic E-state index is 12.0. The predicted molar refractivity (Wildman–Crippen MR) is 81.5 cm³/mol. The van der Waals surface area contributed by atoms with Crippen molar-refractivity contribution in [3.8, 4) is 11.5 Å². The number of rotatable bonds is 6. The minimum absolute atomic E-state index is 0.0912. The van der Waals surface area contributed by atoms with Gasteiger partial charge in [-0.3, -0.25) is 9.59 Å². The van der Waals surface area contributed by atoms with Crippen molar-refractivity contribution in [3.05, 3.63) is 23.8 Å². The van der Waals surface area contributed by atoms with Crippen LogP contribution < -0.4 is 20.1 Å². The van der Waals surface area contributed by atoms with Crippen LogP contribution in [0.25, 0.3) is 0 Å². The number of hydrogen-bond acceptors (Lipinski definition) is 5. The van der Waals surface area contributed by atoms with E-state index in [9.17, 15) is 9.59 Å². The van der Waals surface area contributed by atoms with Crippen molar-refractivity contribution in [2.75, 3.05) is 26.5 Å². The van der Waals surface area contributed by atoms with Crippen LogP contribution in [-0.4, -0.2) is 44.4 Å². The van der Waals surface area contributed by atoms with E-state index in [1.54, 1.807) is 18.2 Å². The van der Waals surface area contributed by atoms with Crippen LogP contribution in [0.4, 0.5) is 0 Å². The fraction of sp³-hybridized carbons (Fsp3) is 0.500. The summed E-state index contributed by atoms with van der Waals surface area (Å²) in [5.41, 5.74) is 0.481. The van der Waals surface area contributed by atoms with Crippen molar-refractivity contribution in [2.45, 2.75) is 25.4 Å². The zero-order valence-corrected chi connectivity index (χ0v) is 12.8. The Hall–Kier alpha value is -2.28. The highest BCUT2D eigenvalue weighted by molar-refractivity contribution is 5.95. The number of carbonyl (C=O) groups is 2. The highest BCUT2D eigenvalue weighted by atomic mass is 16.7. The lowest BCUT2D eigenvalue weighted by atomic mass is 10.2. The summed E-state index contributed by atoms with van der Waals surface area (Å²) in [6, 6.07) is 5.00. The molecule has 0 unspecified atom stereocenters. The second-order valence-corrected chi connectivity index (χ2v) is 5.51. The molecule has 3 rings (SSSR count). The lowest BCUT2D eigenvalue weighted by molar-refractivity contribution is -0.121. The quantitative estimate of drug-likeness (QED) is 0.811. The van der Waals surface area contributed by atoms with E-state index in [1.165, 1.54) is 0 Å². The van der Waals surface area contributed by atoms with Gasteiger partial charge in [-0.25, -0.2) is 0 Å². The summed E-state index contributed by atoms with van der Waals surface area (Å²) in [5.74, 6) is 0.865. The molecule has 1 atom stereocenters. The number of fused-ring (bicyclic) bond motifs is 1. The summed E-state index contributed by atoms with van der Waals surface area (Å²) in [6.07, 6.45) is 2.40. The standard InChI is InChI=1S/C16H20N2O5/c19-15(18-9-12-2-1-7-21-12)5-6-17-16(20)11-3-4-13-14(8-11)23-10-22-13/h3-4,8,12H,1-2,5-7,9-10H2,(H,17,20)(H,18,19)/t12-/m0/s1. The Morgan fingerprint density at radius 2 is 2.04 bits per heavy atom. The van der Waals surface area contributed by atoms with Crippen molar-refractivity contribution in [2.24, 2.45) is 0 Å². The molecule has 0 bridgehead atoms. The molecule has 124 valence electrons. The van der Waals surface area contributed by atoms with Gasteiger partial charge in [-0.15, -0.1) is 0 Å². The summed E-state index contributed by atoms with van der Waals surface area (Å²) < 4.78 is 15.9. The fourth-order valence-corrected chi connectivity index (χ4v) is 2.55. The van der Waals surface area contributed by atoms with E-state index in [2.05, 4.69) is 10.6 Å². The number of benzene rings is 1. The van der Waals surface area contributed by atoms with Crippen LogP contribution in [0.5, 0.6) is 11.5 Å². The van der Waals surface area contributed by atoms with Gasteiger partial charge in [0.1, 0.15) is 0 Å². The second kappa shape index (κ2) is 7.32. The molecular weight excluding hydrogens is 300 g/mol. The molecule has 2 N–H and O–H groups in total. The van der Waals surface area contributed by atoms with E-state index in [1.807, 2.05) is 0 Å². The van der Waals surface area contributed by atoms with Gasteiger partial charge in [0, 0.05) is 31.7 Å². The van der Waals surface area contributed by atoms with E-state index in [4.69, 9.17) is 14.2 Å². The molecule has 1 saturated heterocycles. The van der Waals surface area contributed by atoms with Crippen molar-refractivity contribution in [1.82, 2.24) is 10.6 Å². The molecule has 0 aromatic heterocycles. The van der Waals surface area contributed by atoms with Gasteiger partial charge in [-0.2, -0.15) is 0 Å². The SMILES string of the molecule is O=C(CCNC(=O)c1ccc2c(c1)OCO2)NC[C@@H]1CCCO1. The summed E-state index contributed by atoms with van der Waals surface area (Å²) in [7, 11) is 0. The first-order valence-corrected chi connectivity index (χ1v) is 7.78. The van der Waals surface area contributed by atoms with Crippen LogP contribution in [0.1, 0.15) is 29.6 Å². The maximum absolute atomic E-state index is 12.0. The number of ether oxygens (including phenoxy) is 3. The monoisotopic (exact) mass is 320 g/mol. The van der Waals surface area contributed by atoms with Crippen LogP contribution in [0.2, 0.25) is 0 Å². The molecule has 1 fully saturated rings. The number of amides is 2. The van der Waals surface area contributed by atoms with E-state index in [0.717, 1.165) is 19.4 Å². The smallest absolute Gasteiger partial charge is 0.251 e. The molecule has 2 heterocycles. The first-order valence-electron chi connectivity index (χ1n) is 7.78. The van der Waals surface area contributed by atoms with Gasteiger partial charge in [-0.05, 0) is 31.0 Å². The van der Waals surface area contributed by atoms with E-state index >= 15 is 0 Å². The third-order valence-corrected chi connectivity index (χ3v) is 3.82. The van der Waals surface area contributed by atoms with Crippen molar-refractivity contribution in [3.63, 3.8) is 0 Å². The van der Waals surface area contributed by atoms with E-state index in [-0.39, 0.29) is 37.7 Å². The Kier molecular flexibility index (Phi) is 4.97. The lowest BCUT2D eigenvalue weighted by Crippen LogP contribution is -2.34. The van der Waals surface area contributed by atoms with E-state index in [0.29, 0.717) is 23.6 Å². The van der Waals surface area contributed by atoms with Gasteiger partial charge in [-0.1, -0.05) is 0 Å². The summed E-state index contributed by atoms with van der Waals surface area (Å²) in [5, 5.41) is 5.54. The minimum atomic E-state index is -0.241. The molecule has 7 heteroatoms. The molecule has 1 aromatic rings. The maximum Gasteiger partial charge on any atom is 0.251 e. The topological polar surface area (TPSA) is 85.9 Å². The van der Waals surface area contributed by atoms with Crippen LogP contribution in [0, 0.1) is 0 Å². The third-order valence-electron chi connectivity index (χ3n) is 3.82. The summed E-state index contributed by atoms with van der Waals surface area (Å²) in [6.45, 7) is 1.76. The van der Waals surface area contributed by atoms with Gasteiger partial charge in [0.25, 0.3) is 5.91 Å².